The van der Waals surface area contributed by atoms with Crippen molar-refractivity contribution in [2.45, 2.75) is 33.0 Å². The highest BCUT2D eigenvalue weighted by molar-refractivity contribution is 7.10. The first kappa shape index (κ1) is 11.9. The van der Waals surface area contributed by atoms with Crippen LogP contribution in [0.3, 0.4) is 0 Å². The summed E-state index contributed by atoms with van der Waals surface area (Å²) in [4.78, 5) is 15.2. The number of nitrogens with zero attached hydrogens (tertiary/aromatic N) is 1. The molecule has 0 fully saturated rings. The van der Waals surface area contributed by atoms with Crippen LogP contribution in [0.2, 0.25) is 0 Å². The summed E-state index contributed by atoms with van der Waals surface area (Å²) in [5.74, 6) is 0.401. The van der Waals surface area contributed by atoms with Crippen LogP contribution >= 0.6 is 11.3 Å². The third kappa shape index (κ3) is 4.26. The normalized spacial score (nSPS) is 11.2. The van der Waals surface area contributed by atoms with Gasteiger partial charge in [0.1, 0.15) is 16.4 Å². The van der Waals surface area contributed by atoms with Crippen LogP contribution in [0.25, 0.3) is 0 Å². The van der Waals surface area contributed by atoms with Gasteiger partial charge in [-0.3, -0.25) is 5.32 Å². The number of amides is 1. The first-order valence-corrected chi connectivity index (χ1v) is 5.34. The zero-order chi connectivity index (χ0) is 11.5. The molecular weight excluding hydrogens is 216 g/mol. The molecule has 0 radical (unpaired) electrons. The Morgan fingerprint density at radius 1 is 1.67 bits per heavy atom. The van der Waals surface area contributed by atoms with E-state index in [-0.39, 0.29) is 6.61 Å². The Labute approximate surface area is 92.1 Å². The molecule has 2 N–H and O–H groups in total. The molecule has 0 unspecified atom stereocenters. The van der Waals surface area contributed by atoms with Crippen LogP contribution in [0.4, 0.5) is 10.6 Å². The molecule has 1 amide bonds. The van der Waals surface area contributed by atoms with E-state index >= 15 is 0 Å². The summed E-state index contributed by atoms with van der Waals surface area (Å²) in [6.07, 6.45) is -0.544. The Kier molecular flexibility index (Phi) is 3.65. The highest BCUT2D eigenvalue weighted by Gasteiger charge is 2.16. The lowest BCUT2D eigenvalue weighted by atomic mass is 10.2. The summed E-state index contributed by atoms with van der Waals surface area (Å²) in [5, 5.41) is 13.5. The van der Waals surface area contributed by atoms with Crippen molar-refractivity contribution in [1.29, 1.82) is 0 Å². The molecule has 0 aliphatic rings. The van der Waals surface area contributed by atoms with Crippen molar-refractivity contribution < 1.29 is 14.6 Å². The molecule has 1 aromatic rings. The number of carbonyl (C=O) groups excluding carboxylic acids is 1. The van der Waals surface area contributed by atoms with Gasteiger partial charge in [0, 0.05) is 5.38 Å². The maximum atomic E-state index is 11.3. The molecule has 0 aliphatic heterocycles. The lowest BCUT2D eigenvalue weighted by Gasteiger charge is -2.19. The maximum absolute atomic E-state index is 11.3. The van der Waals surface area contributed by atoms with Gasteiger partial charge in [0.05, 0.1) is 6.61 Å². The van der Waals surface area contributed by atoms with E-state index in [4.69, 9.17) is 9.84 Å². The van der Waals surface area contributed by atoms with Crippen LogP contribution in [0.5, 0.6) is 0 Å². The Morgan fingerprint density at radius 2 is 2.33 bits per heavy atom. The first-order valence-electron chi connectivity index (χ1n) is 4.46. The number of rotatable bonds is 2. The number of aromatic nitrogens is 1. The number of hydrogen-bond acceptors (Lipinski definition) is 5. The molecule has 1 aromatic heterocycles. The third-order valence-corrected chi connectivity index (χ3v) is 2.15. The van der Waals surface area contributed by atoms with E-state index in [1.165, 1.54) is 11.3 Å². The average Bonchev–Trinajstić information content (AvgIpc) is 2.48. The summed E-state index contributed by atoms with van der Waals surface area (Å²) in [6, 6.07) is 0. The Bertz CT molecular complexity index is 343. The van der Waals surface area contributed by atoms with Crippen molar-refractivity contribution in [2.75, 3.05) is 5.32 Å². The Hall–Kier alpha value is -1.14. The fourth-order valence-corrected chi connectivity index (χ4v) is 1.43. The van der Waals surface area contributed by atoms with Crippen LogP contribution < -0.4 is 5.32 Å². The van der Waals surface area contributed by atoms with Gasteiger partial charge in [-0.25, -0.2) is 9.78 Å². The molecule has 1 rings (SSSR count). The molecule has 0 aliphatic carbocycles. The van der Waals surface area contributed by atoms with Crippen molar-refractivity contribution >= 4 is 23.2 Å². The number of aliphatic hydroxyl groups is 1. The zero-order valence-corrected chi connectivity index (χ0v) is 9.72. The molecule has 15 heavy (non-hydrogen) atoms. The molecular formula is C9H14N2O3S. The number of hydrogen-bond donors (Lipinski definition) is 2. The lowest BCUT2D eigenvalue weighted by Crippen LogP contribution is -2.27. The van der Waals surface area contributed by atoms with Gasteiger partial charge >= 0.3 is 6.09 Å². The molecule has 0 saturated carbocycles. The van der Waals surface area contributed by atoms with Crippen molar-refractivity contribution in [3.05, 3.63) is 10.4 Å². The van der Waals surface area contributed by atoms with Gasteiger partial charge in [-0.05, 0) is 20.8 Å². The molecule has 6 heteroatoms. The second kappa shape index (κ2) is 4.59. The van der Waals surface area contributed by atoms with E-state index < -0.39 is 11.7 Å². The fraction of sp³-hybridized carbons (Fsp3) is 0.556. The van der Waals surface area contributed by atoms with Crippen molar-refractivity contribution in [2.24, 2.45) is 0 Å². The second-order valence-corrected chi connectivity index (χ2v) is 4.85. The third-order valence-electron chi connectivity index (χ3n) is 1.32. The second-order valence-electron chi connectivity index (χ2n) is 3.91. The van der Waals surface area contributed by atoms with Gasteiger partial charge < -0.3 is 9.84 Å². The number of anilines is 1. The molecule has 0 aromatic carbocycles. The average molecular weight is 230 g/mol. The number of thiazole rings is 1. The number of nitrogens with one attached hydrogen (secondary N) is 1. The van der Waals surface area contributed by atoms with Crippen LogP contribution in [-0.4, -0.2) is 21.8 Å². The van der Waals surface area contributed by atoms with Gasteiger partial charge in [-0.2, -0.15) is 0 Å². The summed E-state index contributed by atoms with van der Waals surface area (Å²) in [5.41, 5.74) is -0.528. The molecule has 1 heterocycles. The molecule has 0 saturated heterocycles. The van der Waals surface area contributed by atoms with Crippen molar-refractivity contribution in [3.8, 4) is 0 Å². The highest BCUT2D eigenvalue weighted by Crippen LogP contribution is 2.15. The van der Waals surface area contributed by atoms with Crippen LogP contribution in [0, 0.1) is 0 Å². The summed E-state index contributed by atoms with van der Waals surface area (Å²) in [7, 11) is 0. The molecule has 5 nitrogen and oxygen atoms in total. The molecule has 0 atom stereocenters. The largest absolute Gasteiger partial charge is 0.444 e. The minimum atomic E-state index is -0.544. The standard InChI is InChI=1S/C9H14N2O3S/c1-9(2,3)14-8(13)11-6-5-15-7(4-12)10-6/h5,12H,4H2,1-3H3,(H,11,13). The van der Waals surface area contributed by atoms with Gasteiger partial charge in [-0.1, -0.05) is 0 Å². The predicted octanol–water partition coefficient (Wildman–Crippen LogP) is 1.98. The molecule has 0 spiro atoms. The summed E-state index contributed by atoms with van der Waals surface area (Å²) in [6.45, 7) is 5.23. The summed E-state index contributed by atoms with van der Waals surface area (Å²) < 4.78 is 5.04. The van der Waals surface area contributed by atoms with E-state index in [0.717, 1.165) is 0 Å². The van der Waals surface area contributed by atoms with Crippen LogP contribution in [0.15, 0.2) is 5.38 Å². The first-order chi connectivity index (χ1) is 6.90. The SMILES string of the molecule is CC(C)(C)OC(=O)Nc1csc(CO)n1. The quantitative estimate of drug-likeness (QED) is 0.815. The van der Waals surface area contributed by atoms with E-state index in [0.29, 0.717) is 10.8 Å². The monoisotopic (exact) mass is 230 g/mol. The molecule has 0 bridgehead atoms. The Morgan fingerprint density at radius 3 is 2.80 bits per heavy atom. The number of carbonyl (C=O) groups is 1. The topological polar surface area (TPSA) is 71.5 Å². The van der Waals surface area contributed by atoms with E-state index in [2.05, 4.69) is 10.3 Å². The van der Waals surface area contributed by atoms with Gasteiger partial charge in [-0.15, -0.1) is 11.3 Å². The predicted molar refractivity (Wildman–Crippen MR) is 57.9 cm³/mol. The van der Waals surface area contributed by atoms with Gasteiger partial charge in [0.2, 0.25) is 0 Å². The highest BCUT2D eigenvalue weighted by atomic mass is 32.1. The van der Waals surface area contributed by atoms with Gasteiger partial charge in [0.25, 0.3) is 0 Å². The summed E-state index contributed by atoms with van der Waals surface area (Å²) >= 11 is 1.28. The van der Waals surface area contributed by atoms with Crippen molar-refractivity contribution in [3.63, 3.8) is 0 Å². The Balaban J connectivity index is 2.51. The zero-order valence-electron chi connectivity index (χ0n) is 8.90. The van der Waals surface area contributed by atoms with Crippen molar-refractivity contribution in [1.82, 2.24) is 4.98 Å². The number of ether oxygens (including phenoxy) is 1. The minimum Gasteiger partial charge on any atom is -0.444 e. The number of aliphatic hydroxyl groups excluding tert-OH is 1. The van der Waals surface area contributed by atoms with Crippen LogP contribution in [-0.2, 0) is 11.3 Å². The molecule has 84 valence electrons. The van der Waals surface area contributed by atoms with E-state index in [1.54, 1.807) is 26.2 Å². The minimum absolute atomic E-state index is 0.124. The van der Waals surface area contributed by atoms with E-state index in [1.807, 2.05) is 0 Å². The fourth-order valence-electron chi connectivity index (χ4n) is 0.849. The van der Waals surface area contributed by atoms with Gasteiger partial charge in [0.15, 0.2) is 0 Å². The lowest BCUT2D eigenvalue weighted by molar-refractivity contribution is 0.0635. The smallest absolute Gasteiger partial charge is 0.413 e. The maximum Gasteiger partial charge on any atom is 0.413 e. The van der Waals surface area contributed by atoms with E-state index in [9.17, 15) is 4.79 Å². The van der Waals surface area contributed by atoms with Crippen LogP contribution in [0.1, 0.15) is 25.8 Å².